The number of hydrogen-bond acceptors (Lipinski definition) is 3. The Morgan fingerprint density at radius 2 is 2.15 bits per heavy atom. The third-order valence-electron chi connectivity index (χ3n) is 6.72. The minimum absolute atomic E-state index is 0.00138. The zero-order valence-electron chi connectivity index (χ0n) is 16.2. The quantitative estimate of drug-likeness (QED) is 0.711. The number of carbonyl (C=O) groups excluding carboxylic acids is 1. The van der Waals surface area contributed by atoms with Crippen LogP contribution in [0.1, 0.15) is 57.6 Å². The van der Waals surface area contributed by atoms with Crippen molar-refractivity contribution in [3.63, 3.8) is 0 Å². The summed E-state index contributed by atoms with van der Waals surface area (Å²) in [7, 11) is 1.73. The summed E-state index contributed by atoms with van der Waals surface area (Å²) in [6.45, 7) is 6.11. The molecule has 0 saturated carbocycles. The Balaban J connectivity index is 1.80. The number of methoxy groups -OCH3 is 1. The molecule has 0 aromatic heterocycles. The number of ether oxygens (including phenoxy) is 2. The summed E-state index contributed by atoms with van der Waals surface area (Å²) in [4.78, 5) is 11.6. The number of carbonyl (C=O) groups is 1. The van der Waals surface area contributed by atoms with E-state index in [-0.39, 0.29) is 17.5 Å². The lowest BCUT2D eigenvalue weighted by atomic mass is 9.61. The van der Waals surface area contributed by atoms with Crippen LogP contribution < -0.4 is 4.74 Å². The van der Waals surface area contributed by atoms with E-state index in [9.17, 15) is 4.79 Å². The lowest BCUT2D eigenvalue weighted by Crippen LogP contribution is -2.39. The molecule has 0 N–H and O–H groups in total. The summed E-state index contributed by atoms with van der Waals surface area (Å²) in [5.41, 5.74) is 7.27. The number of fused-ring (bicyclic) bond motifs is 4. The topological polar surface area (TPSA) is 35.5 Å². The zero-order chi connectivity index (χ0) is 18.5. The second kappa shape index (κ2) is 6.29. The maximum Gasteiger partial charge on any atom is 0.302 e. The van der Waals surface area contributed by atoms with Crippen LogP contribution in [0.15, 0.2) is 35.4 Å². The van der Waals surface area contributed by atoms with Gasteiger partial charge in [-0.2, -0.15) is 0 Å². The standard InChI is InChI=1S/C23H28O3/c1-5-23-11-10-19-18-7-6-17(25-4)13-16(18)12-14(2)22(19)20(23)8-9-21(23)26-15(3)24/h6-8,13-14,21H,5,9-12H2,1-4H3. The molecular formula is C23H28O3. The molecule has 0 bridgehead atoms. The third kappa shape index (κ3) is 2.44. The fourth-order valence-corrected chi connectivity index (χ4v) is 5.54. The van der Waals surface area contributed by atoms with E-state index in [1.165, 1.54) is 34.8 Å². The van der Waals surface area contributed by atoms with E-state index in [1.807, 2.05) is 0 Å². The Bertz CT molecular complexity index is 817. The van der Waals surface area contributed by atoms with Crippen LogP contribution in [0.2, 0.25) is 0 Å². The molecule has 3 heteroatoms. The highest BCUT2D eigenvalue weighted by Crippen LogP contribution is 2.59. The molecular weight excluding hydrogens is 324 g/mol. The van der Waals surface area contributed by atoms with E-state index in [2.05, 4.69) is 38.1 Å². The van der Waals surface area contributed by atoms with Gasteiger partial charge in [0.25, 0.3) is 0 Å². The van der Waals surface area contributed by atoms with Crippen molar-refractivity contribution in [1.82, 2.24) is 0 Å². The number of hydrogen-bond donors (Lipinski definition) is 0. The first-order valence-electron chi connectivity index (χ1n) is 9.78. The Hall–Kier alpha value is -2.03. The van der Waals surface area contributed by atoms with Gasteiger partial charge in [0.15, 0.2) is 0 Å². The van der Waals surface area contributed by atoms with Crippen molar-refractivity contribution in [1.29, 1.82) is 0 Å². The fourth-order valence-electron chi connectivity index (χ4n) is 5.54. The number of benzene rings is 1. The summed E-state index contributed by atoms with van der Waals surface area (Å²) in [5.74, 6) is 1.26. The minimum Gasteiger partial charge on any atom is -0.497 e. The molecule has 1 aromatic rings. The van der Waals surface area contributed by atoms with E-state index in [0.717, 1.165) is 37.9 Å². The molecule has 1 aromatic carbocycles. The Morgan fingerprint density at radius 3 is 2.85 bits per heavy atom. The first kappa shape index (κ1) is 17.4. The summed E-state index contributed by atoms with van der Waals surface area (Å²) < 4.78 is 11.2. The van der Waals surface area contributed by atoms with Crippen LogP contribution in [0.4, 0.5) is 0 Å². The van der Waals surface area contributed by atoms with Gasteiger partial charge in [-0.1, -0.05) is 26.0 Å². The maximum absolute atomic E-state index is 11.6. The predicted molar refractivity (Wildman–Crippen MR) is 103 cm³/mol. The minimum atomic E-state index is -0.161. The van der Waals surface area contributed by atoms with Gasteiger partial charge in [0.1, 0.15) is 11.9 Å². The molecule has 3 nitrogen and oxygen atoms in total. The van der Waals surface area contributed by atoms with Crippen LogP contribution in [0.25, 0.3) is 5.57 Å². The number of allylic oxidation sites excluding steroid dienone is 2. The maximum atomic E-state index is 11.6. The largest absolute Gasteiger partial charge is 0.497 e. The molecule has 0 spiro atoms. The second-order valence-electron chi connectivity index (χ2n) is 7.98. The van der Waals surface area contributed by atoms with E-state index in [1.54, 1.807) is 7.11 Å². The number of esters is 1. The van der Waals surface area contributed by atoms with E-state index < -0.39 is 0 Å². The second-order valence-corrected chi connectivity index (χ2v) is 7.98. The highest BCUT2D eigenvalue weighted by atomic mass is 16.5. The van der Waals surface area contributed by atoms with Gasteiger partial charge in [-0.25, -0.2) is 0 Å². The van der Waals surface area contributed by atoms with Crippen molar-refractivity contribution >= 4 is 11.5 Å². The van der Waals surface area contributed by atoms with Gasteiger partial charge in [-0.15, -0.1) is 0 Å². The molecule has 3 aliphatic carbocycles. The molecule has 0 heterocycles. The molecule has 0 saturated heterocycles. The summed E-state index contributed by atoms with van der Waals surface area (Å²) in [5, 5.41) is 0. The highest BCUT2D eigenvalue weighted by Gasteiger charge is 2.50. The normalized spacial score (nSPS) is 29.5. The molecule has 26 heavy (non-hydrogen) atoms. The SMILES string of the molecule is CCC12CCC3=C(C1=CCC2OC(C)=O)C(C)Cc1cc(OC)ccc13. The van der Waals surface area contributed by atoms with Crippen LogP contribution in [0.3, 0.4) is 0 Å². The zero-order valence-corrected chi connectivity index (χ0v) is 16.2. The van der Waals surface area contributed by atoms with Crippen molar-refractivity contribution < 1.29 is 14.3 Å². The van der Waals surface area contributed by atoms with Gasteiger partial charge < -0.3 is 9.47 Å². The van der Waals surface area contributed by atoms with Gasteiger partial charge in [-0.05, 0) is 71.6 Å². The monoisotopic (exact) mass is 352 g/mol. The summed E-state index contributed by atoms with van der Waals surface area (Å²) in [6, 6.07) is 6.50. The Morgan fingerprint density at radius 1 is 1.35 bits per heavy atom. The first-order valence-corrected chi connectivity index (χ1v) is 9.78. The third-order valence-corrected chi connectivity index (χ3v) is 6.72. The fraction of sp³-hybridized carbons (Fsp3) is 0.522. The van der Waals surface area contributed by atoms with Crippen molar-refractivity contribution in [3.8, 4) is 5.75 Å². The van der Waals surface area contributed by atoms with Crippen molar-refractivity contribution in [2.75, 3.05) is 7.11 Å². The molecule has 0 amide bonds. The average molecular weight is 352 g/mol. The molecule has 0 fully saturated rings. The Kier molecular flexibility index (Phi) is 4.21. The number of rotatable bonds is 3. The Labute approximate surface area is 156 Å². The van der Waals surface area contributed by atoms with Crippen LogP contribution in [-0.4, -0.2) is 19.2 Å². The van der Waals surface area contributed by atoms with Gasteiger partial charge in [-0.3, -0.25) is 4.79 Å². The van der Waals surface area contributed by atoms with Crippen molar-refractivity contribution in [2.24, 2.45) is 11.3 Å². The van der Waals surface area contributed by atoms with Crippen LogP contribution in [0.5, 0.6) is 5.75 Å². The van der Waals surface area contributed by atoms with E-state index >= 15 is 0 Å². The predicted octanol–water partition coefficient (Wildman–Crippen LogP) is 5.09. The van der Waals surface area contributed by atoms with Gasteiger partial charge in [0.05, 0.1) is 7.11 Å². The molecule has 4 rings (SSSR count). The van der Waals surface area contributed by atoms with Crippen LogP contribution >= 0.6 is 0 Å². The molecule has 0 aliphatic heterocycles. The smallest absolute Gasteiger partial charge is 0.302 e. The van der Waals surface area contributed by atoms with E-state index in [4.69, 9.17) is 9.47 Å². The molecule has 0 radical (unpaired) electrons. The van der Waals surface area contributed by atoms with Crippen LogP contribution in [-0.2, 0) is 16.0 Å². The average Bonchev–Trinajstić information content (AvgIpc) is 2.99. The molecule has 3 aliphatic rings. The summed E-state index contributed by atoms with van der Waals surface area (Å²) in [6.07, 6.45) is 7.39. The lowest BCUT2D eigenvalue weighted by Gasteiger charge is -2.45. The van der Waals surface area contributed by atoms with Crippen molar-refractivity contribution in [2.45, 2.75) is 59.0 Å². The molecule has 3 unspecified atom stereocenters. The van der Waals surface area contributed by atoms with Gasteiger partial charge in [0, 0.05) is 18.8 Å². The van der Waals surface area contributed by atoms with Gasteiger partial charge in [0.2, 0.25) is 0 Å². The lowest BCUT2D eigenvalue weighted by molar-refractivity contribution is -0.151. The first-order chi connectivity index (χ1) is 12.5. The highest BCUT2D eigenvalue weighted by molar-refractivity contribution is 5.80. The molecule has 138 valence electrons. The van der Waals surface area contributed by atoms with Crippen LogP contribution in [0, 0.1) is 11.3 Å². The van der Waals surface area contributed by atoms with E-state index in [0.29, 0.717) is 5.92 Å². The van der Waals surface area contributed by atoms with Crippen molar-refractivity contribution in [3.05, 3.63) is 46.5 Å². The summed E-state index contributed by atoms with van der Waals surface area (Å²) >= 11 is 0. The molecule has 3 atom stereocenters. The van der Waals surface area contributed by atoms with Gasteiger partial charge >= 0.3 is 5.97 Å².